The zero-order valence-electron chi connectivity index (χ0n) is 10.6. The van der Waals surface area contributed by atoms with Gasteiger partial charge in [0.15, 0.2) is 11.6 Å². The maximum absolute atomic E-state index is 13.4. The van der Waals surface area contributed by atoms with Gasteiger partial charge in [0.25, 0.3) is 0 Å². The van der Waals surface area contributed by atoms with E-state index in [1.807, 2.05) is 0 Å². The fourth-order valence-corrected chi connectivity index (χ4v) is 1.97. The summed E-state index contributed by atoms with van der Waals surface area (Å²) in [7, 11) is 1.37. The van der Waals surface area contributed by atoms with E-state index in [-0.39, 0.29) is 10.8 Å². The molecular weight excluding hydrogens is 279 g/mol. The van der Waals surface area contributed by atoms with Crippen LogP contribution in [0.25, 0.3) is 10.6 Å². The molecule has 0 atom stereocenters. The van der Waals surface area contributed by atoms with E-state index in [2.05, 4.69) is 11.1 Å². The quantitative estimate of drug-likeness (QED) is 0.806. The summed E-state index contributed by atoms with van der Waals surface area (Å²) < 4.78 is 18.3. The number of halogens is 2. The van der Waals surface area contributed by atoms with Crippen molar-refractivity contribution in [3.63, 3.8) is 0 Å². The van der Waals surface area contributed by atoms with Crippen LogP contribution in [0.5, 0.6) is 5.75 Å². The maximum atomic E-state index is 13.4. The average molecular weight is 289 g/mol. The van der Waals surface area contributed by atoms with Gasteiger partial charge in [0.2, 0.25) is 0 Å². The molecule has 20 heavy (non-hydrogen) atoms. The molecule has 0 aliphatic carbocycles. The first-order chi connectivity index (χ1) is 9.67. The highest BCUT2D eigenvalue weighted by molar-refractivity contribution is 6.53. The van der Waals surface area contributed by atoms with E-state index < -0.39 is 5.82 Å². The summed E-state index contributed by atoms with van der Waals surface area (Å²) in [5, 5.41) is 9.51. The summed E-state index contributed by atoms with van der Waals surface area (Å²) >= 11 is 6.25. The molecule has 0 aliphatic heterocycles. The van der Waals surface area contributed by atoms with Gasteiger partial charge >= 0.3 is 0 Å². The Bertz CT molecular complexity index is 693. The molecule has 1 aromatic heterocycles. The van der Waals surface area contributed by atoms with E-state index in [1.165, 1.54) is 25.3 Å². The van der Waals surface area contributed by atoms with E-state index in [0.29, 0.717) is 16.7 Å². The SMILES string of the molecule is COc1cc(/C(Cl)=C(/C#N)c2ccncc2)ccc1F. The predicted octanol–water partition coefficient (Wildman–Crippen LogP) is 3.86. The largest absolute Gasteiger partial charge is 0.494 e. The lowest BCUT2D eigenvalue weighted by atomic mass is 10.0. The van der Waals surface area contributed by atoms with E-state index in [0.717, 1.165) is 0 Å². The topological polar surface area (TPSA) is 45.9 Å². The third-order valence-corrected chi connectivity index (χ3v) is 3.11. The van der Waals surface area contributed by atoms with Crippen LogP contribution in [-0.4, -0.2) is 12.1 Å². The molecule has 0 fully saturated rings. The van der Waals surface area contributed by atoms with Crippen LogP contribution in [0.3, 0.4) is 0 Å². The number of hydrogen-bond acceptors (Lipinski definition) is 3. The first kappa shape index (κ1) is 14.0. The van der Waals surface area contributed by atoms with Crippen molar-refractivity contribution in [2.24, 2.45) is 0 Å². The van der Waals surface area contributed by atoms with Crippen LogP contribution in [0.2, 0.25) is 0 Å². The van der Waals surface area contributed by atoms with Crippen LogP contribution in [0.4, 0.5) is 4.39 Å². The van der Waals surface area contributed by atoms with Gasteiger partial charge in [-0.1, -0.05) is 17.7 Å². The zero-order valence-corrected chi connectivity index (χ0v) is 11.4. The van der Waals surface area contributed by atoms with Gasteiger partial charge in [-0.25, -0.2) is 4.39 Å². The van der Waals surface area contributed by atoms with Gasteiger partial charge in [-0.05, 0) is 35.4 Å². The Morgan fingerprint density at radius 1 is 1.25 bits per heavy atom. The second kappa shape index (κ2) is 6.18. The van der Waals surface area contributed by atoms with Crippen molar-refractivity contribution in [2.45, 2.75) is 0 Å². The number of nitriles is 1. The molecule has 5 heteroatoms. The van der Waals surface area contributed by atoms with E-state index >= 15 is 0 Å². The summed E-state index contributed by atoms with van der Waals surface area (Å²) in [4.78, 5) is 3.89. The number of benzene rings is 1. The first-order valence-electron chi connectivity index (χ1n) is 5.71. The molecule has 0 unspecified atom stereocenters. The third-order valence-electron chi connectivity index (χ3n) is 2.70. The van der Waals surface area contributed by atoms with Gasteiger partial charge in [-0.15, -0.1) is 0 Å². The monoisotopic (exact) mass is 288 g/mol. The number of allylic oxidation sites excluding steroid dienone is 1. The van der Waals surface area contributed by atoms with E-state index in [1.54, 1.807) is 24.5 Å². The van der Waals surface area contributed by atoms with Crippen LogP contribution in [0.1, 0.15) is 11.1 Å². The summed E-state index contributed by atoms with van der Waals surface area (Å²) in [6, 6.07) is 9.62. The molecule has 0 saturated heterocycles. The summed E-state index contributed by atoms with van der Waals surface area (Å²) in [6.07, 6.45) is 3.14. The lowest BCUT2D eigenvalue weighted by Gasteiger charge is -2.07. The molecule has 0 aliphatic rings. The Hall–Kier alpha value is -2.38. The normalized spacial score (nSPS) is 11.5. The van der Waals surface area contributed by atoms with Crippen molar-refractivity contribution in [3.8, 4) is 11.8 Å². The van der Waals surface area contributed by atoms with Crippen molar-refractivity contribution in [1.29, 1.82) is 5.26 Å². The van der Waals surface area contributed by atoms with Crippen LogP contribution in [0.15, 0.2) is 42.7 Å². The molecule has 1 heterocycles. The lowest BCUT2D eigenvalue weighted by Crippen LogP contribution is -1.91. The number of ether oxygens (including phenoxy) is 1. The number of hydrogen-bond donors (Lipinski definition) is 0. The summed E-state index contributed by atoms with van der Waals surface area (Å²) in [5.41, 5.74) is 1.46. The fraction of sp³-hybridized carbons (Fsp3) is 0.0667. The molecule has 2 aromatic rings. The standard InChI is InChI=1S/C15H10ClFN2O/c1-20-14-8-11(2-3-13(14)17)15(16)12(9-18)10-4-6-19-7-5-10/h2-8H,1H3/b15-12+. The zero-order chi connectivity index (χ0) is 14.5. The number of pyridine rings is 1. The highest BCUT2D eigenvalue weighted by Crippen LogP contribution is 2.31. The second-order valence-corrected chi connectivity index (χ2v) is 4.26. The molecule has 2 rings (SSSR count). The molecule has 0 spiro atoms. The van der Waals surface area contributed by atoms with Gasteiger partial charge in [-0.2, -0.15) is 5.26 Å². The molecule has 100 valence electrons. The van der Waals surface area contributed by atoms with Gasteiger partial charge in [0.1, 0.15) is 6.07 Å². The summed E-state index contributed by atoms with van der Waals surface area (Å²) in [6.45, 7) is 0. The Morgan fingerprint density at radius 3 is 2.55 bits per heavy atom. The van der Waals surface area contributed by atoms with E-state index in [4.69, 9.17) is 16.3 Å². The van der Waals surface area contributed by atoms with Crippen molar-refractivity contribution in [2.75, 3.05) is 7.11 Å². The maximum Gasteiger partial charge on any atom is 0.165 e. The Morgan fingerprint density at radius 2 is 1.95 bits per heavy atom. The van der Waals surface area contributed by atoms with E-state index in [9.17, 15) is 9.65 Å². The minimum Gasteiger partial charge on any atom is -0.494 e. The second-order valence-electron chi connectivity index (χ2n) is 3.89. The van der Waals surface area contributed by atoms with Crippen molar-refractivity contribution in [3.05, 3.63) is 59.7 Å². The molecule has 0 amide bonds. The van der Waals surface area contributed by atoms with Gasteiger partial charge in [-0.3, -0.25) is 4.98 Å². The highest BCUT2D eigenvalue weighted by Gasteiger charge is 2.12. The minimum atomic E-state index is -0.483. The molecule has 0 radical (unpaired) electrons. The Labute approximate surface area is 120 Å². The van der Waals surface area contributed by atoms with Crippen molar-refractivity contribution in [1.82, 2.24) is 4.98 Å². The van der Waals surface area contributed by atoms with Crippen LogP contribution in [0, 0.1) is 17.1 Å². The summed E-state index contributed by atoms with van der Waals surface area (Å²) in [5.74, 6) is -0.407. The molecule has 0 N–H and O–H groups in total. The molecular formula is C15H10ClFN2O. The van der Waals surface area contributed by atoms with Gasteiger partial charge in [0.05, 0.1) is 17.7 Å². The smallest absolute Gasteiger partial charge is 0.165 e. The molecule has 0 bridgehead atoms. The number of methoxy groups -OCH3 is 1. The van der Waals surface area contributed by atoms with Crippen LogP contribution < -0.4 is 4.74 Å². The first-order valence-corrected chi connectivity index (χ1v) is 6.09. The van der Waals surface area contributed by atoms with Crippen molar-refractivity contribution < 1.29 is 9.13 Å². The Kier molecular flexibility index (Phi) is 4.34. The Balaban J connectivity index is 2.55. The van der Waals surface area contributed by atoms with Crippen molar-refractivity contribution >= 4 is 22.2 Å². The lowest BCUT2D eigenvalue weighted by molar-refractivity contribution is 0.386. The molecule has 3 nitrogen and oxygen atoms in total. The fourth-order valence-electron chi connectivity index (χ4n) is 1.70. The molecule has 1 aromatic carbocycles. The van der Waals surface area contributed by atoms with Gasteiger partial charge < -0.3 is 4.74 Å². The third kappa shape index (κ3) is 2.79. The average Bonchev–Trinajstić information content (AvgIpc) is 2.49. The number of rotatable bonds is 3. The van der Waals surface area contributed by atoms with Gasteiger partial charge in [0, 0.05) is 12.4 Å². The van der Waals surface area contributed by atoms with Crippen LogP contribution >= 0.6 is 11.6 Å². The van der Waals surface area contributed by atoms with Crippen LogP contribution in [-0.2, 0) is 0 Å². The molecule has 0 saturated carbocycles. The number of nitrogens with zero attached hydrogens (tertiary/aromatic N) is 2. The predicted molar refractivity (Wildman–Crippen MR) is 75.5 cm³/mol. The minimum absolute atomic E-state index is 0.0765. The highest BCUT2D eigenvalue weighted by atomic mass is 35.5. The number of aromatic nitrogens is 1.